The van der Waals surface area contributed by atoms with E-state index in [1.165, 1.54) is 24.3 Å². The highest BCUT2D eigenvalue weighted by molar-refractivity contribution is 7.90. The molecule has 0 radical (unpaired) electrons. The number of imide groups is 1. The largest absolute Gasteiger partial charge is 0.336 e. The van der Waals surface area contributed by atoms with Crippen LogP contribution in [-0.4, -0.2) is 32.2 Å². The van der Waals surface area contributed by atoms with Gasteiger partial charge < -0.3 is 5.32 Å². The van der Waals surface area contributed by atoms with Crippen molar-refractivity contribution in [2.45, 2.75) is 11.8 Å². The Bertz CT molecular complexity index is 630. The van der Waals surface area contributed by atoms with Gasteiger partial charge in [-0.25, -0.2) is 22.3 Å². The van der Waals surface area contributed by atoms with Gasteiger partial charge in [-0.3, -0.25) is 10.1 Å². The van der Waals surface area contributed by atoms with Gasteiger partial charge in [0.2, 0.25) is 15.9 Å². The molecule has 0 aromatic heterocycles. The molecule has 0 saturated carbocycles. The quantitative estimate of drug-likeness (QED) is 0.694. The number of amides is 3. The first-order chi connectivity index (χ1) is 9.38. The molecule has 1 heterocycles. The van der Waals surface area contributed by atoms with Crippen molar-refractivity contribution < 1.29 is 22.4 Å². The van der Waals surface area contributed by atoms with Crippen molar-refractivity contribution in [3.63, 3.8) is 0 Å². The van der Waals surface area contributed by atoms with Crippen LogP contribution in [0.1, 0.15) is 5.56 Å². The number of sulfonamides is 1. The fourth-order valence-electron chi connectivity index (χ4n) is 1.65. The predicted octanol–water partition coefficient (Wildman–Crippen LogP) is -0.547. The molecule has 0 bridgehead atoms. The molecule has 1 aliphatic heterocycles. The maximum atomic E-state index is 12.7. The van der Waals surface area contributed by atoms with Crippen LogP contribution in [-0.2, 0) is 21.4 Å². The second-order valence-corrected chi connectivity index (χ2v) is 6.13. The van der Waals surface area contributed by atoms with Crippen LogP contribution in [0.4, 0.5) is 9.18 Å². The molecule has 108 valence electrons. The van der Waals surface area contributed by atoms with Crippen molar-refractivity contribution in [1.82, 2.24) is 15.4 Å². The number of nitrogens with one attached hydrogen (secondary N) is 3. The van der Waals surface area contributed by atoms with Crippen molar-refractivity contribution in [3.05, 3.63) is 35.6 Å². The second kappa shape index (κ2) is 5.55. The number of hydrogen-bond acceptors (Lipinski definition) is 4. The highest BCUT2D eigenvalue weighted by Gasteiger charge is 2.36. The normalized spacial score (nSPS) is 19.4. The monoisotopic (exact) mass is 301 g/mol. The third-order valence-corrected chi connectivity index (χ3v) is 4.42. The first-order valence-corrected chi connectivity index (χ1v) is 7.25. The zero-order chi connectivity index (χ0) is 14.8. The summed E-state index contributed by atoms with van der Waals surface area (Å²) in [5.41, 5.74) is 0.551. The molecule has 3 N–H and O–H groups in total. The summed E-state index contributed by atoms with van der Waals surface area (Å²) in [4.78, 5) is 22.3. The number of hydrogen-bond donors (Lipinski definition) is 3. The summed E-state index contributed by atoms with van der Waals surface area (Å²) in [7, 11) is -3.93. The molecule has 20 heavy (non-hydrogen) atoms. The van der Waals surface area contributed by atoms with E-state index in [1.807, 2.05) is 5.32 Å². The van der Waals surface area contributed by atoms with Crippen LogP contribution in [0.25, 0.3) is 0 Å². The maximum absolute atomic E-state index is 12.7. The van der Waals surface area contributed by atoms with Crippen LogP contribution in [0.15, 0.2) is 24.3 Å². The Morgan fingerprint density at radius 2 is 1.90 bits per heavy atom. The third kappa shape index (κ3) is 3.31. The molecule has 1 aliphatic rings. The van der Waals surface area contributed by atoms with Crippen molar-refractivity contribution in [3.8, 4) is 0 Å². The Morgan fingerprint density at radius 3 is 2.50 bits per heavy atom. The summed E-state index contributed by atoms with van der Waals surface area (Å²) in [6.45, 7) is -0.357. The summed E-state index contributed by atoms with van der Waals surface area (Å²) in [6, 6.07) is 4.55. The van der Waals surface area contributed by atoms with E-state index in [0.29, 0.717) is 5.56 Å². The number of rotatable bonds is 4. The second-order valence-electron chi connectivity index (χ2n) is 4.18. The molecule has 2 rings (SSSR count). The highest BCUT2D eigenvalue weighted by atomic mass is 32.2. The minimum Gasteiger partial charge on any atom is -0.336 e. The first-order valence-electron chi connectivity index (χ1n) is 5.70. The van der Waals surface area contributed by atoms with Gasteiger partial charge in [-0.2, -0.15) is 0 Å². The predicted molar refractivity (Wildman–Crippen MR) is 67.5 cm³/mol. The van der Waals surface area contributed by atoms with Gasteiger partial charge in [0.15, 0.2) is 5.25 Å². The molecule has 9 heteroatoms. The first kappa shape index (κ1) is 14.4. The zero-order valence-electron chi connectivity index (χ0n) is 10.2. The van der Waals surface area contributed by atoms with Gasteiger partial charge in [-0.15, -0.1) is 0 Å². The highest BCUT2D eigenvalue weighted by Crippen LogP contribution is 2.06. The fourth-order valence-corrected chi connectivity index (χ4v) is 2.86. The van der Waals surface area contributed by atoms with E-state index in [9.17, 15) is 22.4 Å². The molecular formula is C11H12FN3O4S. The van der Waals surface area contributed by atoms with Crippen LogP contribution in [0.5, 0.6) is 0 Å². The SMILES string of the molecule is O=C1NCC(S(=O)(=O)NCc2ccc(F)cc2)C(=O)N1. The van der Waals surface area contributed by atoms with Crippen LogP contribution in [0.3, 0.4) is 0 Å². The van der Waals surface area contributed by atoms with Crippen molar-refractivity contribution >= 4 is 22.0 Å². The summed E-state index contributed by atoms with van der Waals surface area (Å²) >= 11 is 0. The van der Waals surface area contributed by atoms with Gasteiger partial charge in [0, 0.05) is 13.1 Å². The summed E-state index contributed by atoms with van der Waals surface area (Å²) < 4.78 is 38.8. The van der Waals surface area contributed by atoms with E-state index in [2.05, 4.69) is 10.0 Å². The van der Waals surface area contributed by atoms with Gasteiger partial charge >= 0.3 is 6.03 Å². The number of carbonyl (C=O) groups excluding carboxylic acids is 2. The van der Waals surface area contributed by atoms with Crippen LogP contribution in [0.2, 0.25) is 0 Å². The van der Waals surface area contributed by atoms with E-state index in [1.54, 1.807) is 0 Å². The number of benzene rings is 1. The van der Waals surface area contributed by atoms with Gasteiger partial charge in [-0.05, 0) is 17.7 Å². The average molecular weight is 301 g/mol. The Morgan fingerprint density at radius 1 is 1.25 bits per heavy atom. The zero-order valence-corrected chi connectivity index (χ0v) is 11.0. The molecular weight excluding hydrogens is 289 g/mol. The van der Waals surface area contributed by atoms with Crippen molar-refractivity contribution in [2.24, 2.45) is 0 Å². The molecule has 1 atom stereocenters. The lowest BCUT2D eigenvalue weighted by Crippen LogP contribution is -2.59. The van der Waals surface area contributed by atoms with Gasteiger partial charge in [-0.1, -0.05) is 12.1 Å². The number of urea groups is 1. The van der Waals surface area contributed by atoms with Gasteiger partial charge in [0.1, 0.15) is 5.82 Å². The topological polar surface area (TPSA) is 104 Å². The molecule has 3 amide bonds. The Balaban J connectivity index is 2.02. The molecule has 1 unspecified atom stereocenters. The van der Waals surface area contributed by atoms with Crippen molar-refractivity contribution in [1.29, 1.82) is 0 Å². The maximum Gasteiger partial charge on any atom is 0.321 e. The summed E-state index contributed by atoms with van der Waals surface area (Å²) in [5.74, 6) is -1.30. The van der Waals surface area contributed by atoms with Crippen LogP contribution >= 0.6 is 0 Å². The van der Waals surface area contributed by atoms with E-state index < -0.39 is 33.0 Å². The van der Waals surface area contributed by atoms with Crippen LogP contribution in [0, 0.1) is 5.82 Å². The standard InChI is InChI=1S/C11H12FN3O4S/c12-8-3-1-7(2-4-8)5-14-20(18,19)9-6-13-11(17)15-10(9)16/h1-4,9,14H,5-6H2,(H2,13,15,16,17). The Kier molecular flexibility index (Phi) is 4.00. The fraction of sp³-hybridized carbons (Fsp3) is 0.273. The lowest BCUT2D eigenvalue weighted by atomic mass is 10.2. The van der Waals surface area contributed by atoms with Crippen LogP contribution < -0.4 is 15.4 Å². The molecule has 0 spiro atoms. The molecule has 1 aromatic carbocycles. The van der Waals surface area contributed by atoms with E-state index >= 15 is 0 Å². The smallest absolute Gasteiger partial charge is 0.321 e. The molecule has 7 nitrogen and oxygen atoms in total. The van der Waals surface area contributed by atoms with E-state index in [-0.39, 0.29) is 13.1 Å². The number of carbonyl (C=O) groups is 2. The third-order valence-electron chi connectivity index (χ3n) is 2.74. The van der Waals surface area contributed by atoms with E-state index in [0.717, 1.165) is 0 Å². The Labute approximate surface area is 114 Å². The Hall–Kier alpha value is -2.00. The minimum atomic E-state index is -3.93. The van der Waals surface area contributed by atoms with Gasteiger partial charge in [0.05, 0.1) is 0 Å². The summed E-state index contributed by atoms with van der Waals surface area (Å²) in [6.07, 6.45) is 0. The van der Waals surface area contributed by atoms with E-state index in [4.69, 9.17) is 0 Å². The minimum absolute atomic E-state index is 0.0691. The molecule has 1 fully saturated rings. The molecule has 1 saturated heterocycles. The number of halogens is 1. The summed E-state index contributed by atoms with van der Waals surface area (Å²) in [5, 5.41) is 2.73. The van der Waals surface area contributed by atoms with Crippen molar-refractivity contribution in [2.75, 3.05) is 6.54 Å². The molecule has 1 aromatic rings. The average Bonchev–Trinajstić information content (AvgIpc) is 2.37. The lowest BCUT2D eigenvalue weighted by molar-refractivity contribution is -0.120. The molecule has 0 aliphatic carbocycles. The van der Waals surface area contributed by atoms with Gasteiger partial charge in [0.25, 0.3) is 0 Å². The lowest BCUT2D eigenvalue weighted by Gasteiger charge is -2.22.